The molecule has 29 heavy (non-hydrogen) atoms. The van der Waals surface area contributed by atoms with Gasteiger partial charge in [-0.1, -0.05) is 62.6 Å². The SMILES string of the molecule is CCCCCCSc1nc2sc3c(c2c(=O)n1-c1ccc(C)cc1)[C@@H](C)CCC3. The summed E-state index contributed by atoms with van der Waals surface area (Å²) in [6, 6.07) is 8.25. The van der Waals surface area contributed by atoms with Crippen LogP contribution in [-0.2, 0) is 6.42 Å². The van der Waals surface area contributed by atoms with Gasteiger partial charge in [-0.15, -0.1) is 11.3 Å². The highest BCUT2D eigenvalue weighted by Crippen LogP contribution is 2.41. The van der Waals surface area contributed by atoms with E-state index in [1.807, 2.05) is 16.7 Å². The van der Waals surface area contributed by atoms with Crippen LogP contribution >= 0.6 is 23.1 Å². The van der Waals surface area contributed by atoms with E-state index >= 15 is 0 Å². The average Bonchev–Trinajstić information content (AvgIpc) is 3.09. The number of benzene rings is 1. The van der Waals surface area contributed by atoms with Gasteiger partial charge < -0.3 is 0 Å². The van der Waals surface area contributed by atoms with Crippen molar-refractivity contribution < 1.29 is 0 Å². The molecular formula is C24H30N2OS2. The minimum Gasteiger partial charge on any atom is -0.268 e. The van der Waals surface area contributed by atoms with Crippen LogP contribution in [0.4, 0.5) is 0 Å². The van der Waals surface area contributed by atoms with Crippen LogP contribution in [0.2, 0.25) is 0 Å². The third-order valence-corrected chi connectivity index (χ3v) is 8.05. The Morgan fingerprint density at radius 2 is 2.00 bits per heavy atom. The minimum absolute atomic E-state index is 0.112. The summed E-state index contributed by atoms with van der Waals surface area (Å²) in [7, 11) is 0. The lowest BCUT2D eigenvalue weighted by Crippen LogP contribution is -2.22. The summed E-state index contributed by atoms with van der Waals surface area (Å²) in [5.74, 6) is 1.45. The molecule has 1 aliphatic rings. The van der Waals surface area contributed by atoms with Crippen molar-refractivity contribution in [2.75, 3.05) is 5.75 Å². The summed E-state index contributed by atoms with van der Waals surface area (Å²) >= 11 is 3.48. The van der Waals surface area contributed by atoms with Gasteiger partial charge in [-0.25, -0.2) is 4.98 Å². The van der Waals surface area contributed by atoms with Crippen molar-refractivity contribution in [2.45, 2.75) is 76.8 Å². The molecule has 0 N–H and O–H groups in total. The van der Waals surface area contributed by atoms with Gasteiger partial charge in [-0.05, 0) is 56.2 Å². The first-order chi connectivity index (χ1) is 14.1. The summed E-state index contributed by atoms with van der Waals surface area (Å²) in [4.78, 5) is 21.1. The number of thioether (sulfide) groups is 1. The maximum absolute atomic E-state index is 13.8. The Balaban J connectivity index is 1.82. The first-order valence-electron chi connectivity index (χ1n) is 10.9. The van der Waals surface area contributed by atoms with Gasteiger partial charge in [-0.3, -0.25) is 9.36 Å². The van der Waals surface area contributed by atoms with E-state index in [4.69, 9.17) is 4.98 Å². The molecule has 2 aromatic heterocycles. The topological polar surface area (TPSA) is 34.9 Å². The van der Waals surface area contributed by atoms with Gasteiger partial charge >= 0.3 is 0 Å². The number of nitrogens with zero attached hydrogens (tertiary/aromatic N) is 2. The van der Waals surface area contributed by atoms with E-state index in [1.165, 1.54) is 41.7 Å². The van der Waals surface area contributed by atoms with Gasteiger partial charge in [-0.2, -0.15) is 0 Å². The predicted octanol–water partition coefficient (Wildman–Crippen LogP) is 6.87. The molecule has 1 aliphatic carbocycles. The van der Waals surface area contributed by atoms with Gasteiger partial charge in [0.15, 0.2) is 5.16 Å². The lowest BCUT2D eigenvalue weighted by molar-refractivity contribution is 0.601. The predicted molar refractivity (Wildman–Crippen MR) is 126 cm³/mol. The standard InChI is InChI=1S/C24H30N2OS2/c1-4-5-6-7-15-28-24-25-22-21(20-17(3)9-8-10-19(20)29-22)23(27)26(24)18-13-11-16(2)12-14-18/h11-14,17H,4-10,15H2,1-3H3/t17-/m0/s1. The Kier molecular flexibility index (Phi) is 6.45. The number of hydrogen-bond donors (Lipinski definition) is 0. The van der Waals surface area contributed by atoms with Crippen LogP contribution in [0.3, 0.4) is 0 Å². The molecule has 0 radical (unpaired) electrons. The van der Waals surface area contributed by atoms with Crippen LogP contribution in [0, 0.1) is 6.92 Å². The van der Waals surface area contributed by atoms with Crippen LogP contribution in [0.15, 0.2) is 34.2 Å². The van der Waals surface area contributed by atoms with Crippen molar-refractivity contribution in [1.82, 2.24) is 9.55 Å². The second kappa shape index (κ2) is 9.05. The number of aromatic nitrogens is 2. The maximum atomic E-state index is 13.8. The Bertz CT molecular complexity index is 1050. The van der Waals surface area contributed by atoms with E-state index < -0.39 is 0 Å². The molecule has 0 unspecified atom stereocenters. The van der Waals surface area contributed by atoms with E-state index in [2.05, 4.69) is 32.9 Å². The highest BCUT2D eigenvalue weighted by atomic mass is 32.2. The fourth-order valence-electron chi connectivity index (χ4n) is 4.23. The van der Waals surface area contributed by atoms with E-state index in [0.717, 1.165) is 46.1 Å². The summed E-state index contributed by atoms with van der Waals surface area (Å²) in [6.07, 6.45) is 8.38. The van der Waals surface area contributed by atoms with E-state index in [9.17, 15) is 4.79 Å². The molecule has 3 aromatic rings. The molecule has 0 spiro atoms. The van der Waals surface area contributed by atoms with E-state index in [1.54, 1.807) is 23.1 Å². The molecule has 0 saturated heterocycles. The van der Waals surface area contributed by atoms with Crippen LogP contribution in [-0.4, -0.2) is 15.3 Å². The van der Waals surface area contributed by atoms with Gasteiger partial charge in [0, 0.05) is 10.6 Å². The first-order valence-corrected chi connectivity index (χ1v) is 12.7. The highest BCUT2D eigenvalue weighted by molar-refractivity contribution is 7.99. The van der Waals surface area contributed by atoms with Crippen molar-refractivity contribution in [3.8, 4) is 5.69 Å². The van der Waals surface area contributed by atoms with Gasteiger partial charge in [0.1, 0.15) is 4.83 Å². The molecule has 2 heterocycles. The number of aryl methyl sites for hydroxylation is 2. The van der Waals surface area contributed by atoms with Gasteiger partial charge in [0.25, 0.3) is 5.56 Å². The van der Waals surface area contributed by atoms with E-state index in [-0.39, 0.29) is 5.56 Å². The molecule has 0 amide bonds. The number of thiophene rings is 1. The molecule has 0 aliphatic heterocycles. The summed E-state index contributed by atoms with van der Waals surface area (Å²) in [5, 5.41) is 1.71. The maximum Gasteiger partial charge on any atom is 0.267 e. The molecule has 0 fully saturated rings. The van der Waals surface area contributed by atoms with Crippen molar-refractivity contribution in [3.63, 3.8) is 0 Å². The molecule has 3 nitrogen and oxygen atoms in total. The number of unbranched alkanes of at least 4 members (excludes halogenated alkanes) is 3. The van der Waals surface area contributed by atoms with Crippen molar-refractivity contribution in [1.29, 1.82) is 0 Å². The molecule has 154 valence electrons. The largest absolute Gasteiger partial charge is 0.268 e. The molecular weight excluding hydrogens is 396 g/mol. The molecule has 4 rings (SSSR count). The lowest BCUT2D eigenvalue weighted by atomic mass is 9.88. The fourth-order valence-corrected chi connectivity index (χ4v) is 6.62. The zero-order valence-electron chi connectivity index (χ0n) is 17.7. The van der Waals surface area contributed by atoms with Crippen molar-refractivity contribution >= 4 is 33.3 Å². The molecule has 1 aromatic carbocycles. The molecule has 0 bridgehead atoms. The zero-order valence-corrected chi connectivity index (χ0v) is 19.3. The van der Waals surface area contributed by atoms with Crippen molar-refractivity contribution in [2.24, 2.45) is 0 Å². The lowest BCUT2D eigenvalue weighted by Gasteiger charge is -2.19. The van der Waals surface area contributed by atoms with Crippen LogP contribution in [0.5, 0.6) is 0 Å². The third-order valence-electron chi connectivity index (χ3n) is 5.86. The number of hydrogen-bond acceptors (Lipinski definition) is 4. The number of fused-ring (bicyclic) bond motifs is 3. The Morgan fingerprint density at radius 3 is 2.76 bits per heavy atom. The first kappa shape index (κ1) is 20.7. The second-order valence-electron chi connectivity index (χ2n) is 8.19. The minimum atomic E-state index is 0.112. The smallest absolute Gasteiger partial charge is 0.267 e. The number of rotatable bonds is 7. The Morgan fingerprint density at radius 1 is 1.21 bits per heavy atom. The molecule has 5 heteroatoms. The normalized spacial score (nSPS) is 16.3. The van der Waals surface area contributed by atoms with Crippen molar-refractivity contribution in [3.05, 3.63) is 50.6 Å². The van der Waals surface area contributed by atoms with Crippen LogP contribution in [0.25, 0.3) is 15.9 Å². The molecule has 0 saturated carbocycles. The summed E-state index contributed by atoms with van der Waals surface area (Å²) < 4.78 is 1.86. The Labute approximate surface area is 181 Å². The summed E-state index contributed by atoms with van der Waals surface area (Å²) in [5.41, 5.74) is 3.51. The fraction of sp³-hybridized carbons (Fsp3) is 0.500. The van der Waals surface area contributed by atoms with Gasteiger partial charge in [0.2, 0.25) is 0 Å². The summed E-state index contributed by atoms with van der Waals surface area (Å²) in [6.45, 7) is 6.57. The monoisotopic (exact) mass is 426 g/mol. The molecule has 1 atom stereocenters. The van der Waals surface area contributed by atoms with Crippen LogP contribution in [0.1, 0.15) is 74.3 Å². The highest BCUT2D eigenvalue weighted by Gasteiger charge is 2.26. The quantitative estimate of drug-likeness (QED) is 0.235. The average molecular weight is 427 g/mol. The van der Waals surface area contributed by atoms with Crippen LogP contribution < -0.4 is 5.56 Å². The Hall–Kier alpha value is -1.59. The van der Waals surface area contributed by atoms with Gasteiger partial charge in [0.05, 0.1) is 11.1 Å². The third kappa shape index (κ3) is 4.17. The zero-order chi connectivity index (χ0) is 20.4. The second-order valence-corrected chi connectivity index (χ2v) is 10.3. The van der Waals surface area contributed by atoms with E-state index in [0.29, 0.717) is 5.92 Å².